The summed E-state index contributed by atoms with van der Waals surface area (Å²) in [5, 5.41) is 16.9. The van der Waals surface area contributed by atoms with Crippen LogP contribution in [0.4, 0.5) is 0 Å². The molecule has 11 heavy (non-hydrogen) atoms. The van der Waals surface area contributed by atoms with E-state index in [1.807, 2.05) is 4.68 Å². The lowest BCUT2D eigenvalue weighted by atomic mass is 10.3. The number of aliphatic hydroxyl groups excluding tert-OH is 1. The van der Waals surface area contributed by atoms with E-state index < -0.39 is 6.10 Å². The van der Waals surface area contributed by atoms with E-state index >= 15 is 0 Å². The number of rotatable bonds is 2. The first-order chi connectivity index (χ1) is 5.29. The van der Waals surface area contributed by atoms with Gasteiger partial charge in [0, 0.05) is 0 Å². The maximum atomic E-state index is 9.27. The van der Waals surface area contributed by atoms with Crippen molar-refractivity contribution < 1.29 is 5.11 Å². The van der Waals surface area contributed by atoms with Crippen LogP contribution in [-0.2, 0) is 0 Å². The normalized spacial score (nSPS) is 20.2. The molecule has 4 nitrogen and oxygen atoms in total. The van der Waals surface area contributed by atoms with Gasteiger partial charge in [0.2, 0.25) is 0 Å². The zero-order valence-corrected chi connectivity index (χ0v) is 6.44. The van der Waals surface area contributed by atoms with Gasteiger partial charge in [-0.25, -0.2) is 4.68 Å². The van der Waals surface area contributed by atoms with Crippen molar-refractivity contribution in [3.63, 3.8) is 0 Å². The van der Waals surface area contributed by atoms with Crippen molar-refractivity contribution in [2.24, 2.45) is 0 Å². The van der Waals surface area contributed by atoms with Gasteiger partial charge in [0.05, 0.1) is 24.0 Å². The monoisotopic (exact) mass is 153 g/mol. The molecule has 0 radical (unpaired) electrons. The molecule has 1 saturated carbocycles. The van der Waals surface area contributed by atoms with E-state index in [-0.39, 0.29) is 0 Å². The maximum Gasteiger partial charge on any atom is 0.0945 e. The Morgan fingerprint density at radius 2 is 2.45 bits per heavy atom. The minimum atomic E-state index is -0.453. The van der Waals surface area contributed by atoms with Crippen molar-refractivity contribution in [3.05, 3.63) is 11.9 Å². The summed E-state index contributed by atoms with van der Waals surface area (Å²) in [6, 6.07) is 0.502. The Balaban J connectivity index is 2.30. The predicted molar refractivity (Wildman–Crippen MR) is 38.9 cm³/mol. The van der Waals surface area contributed by atoms with Crippen LogP contribution < -0.4 is 0 Å². The van der Waals surface area contributed by atoms with E-state index in [9.17, 15) is 5.11 Å². The largest absolute Gasteiger partial charge is 0.387 e. The first kappa shape index (κ1) is 6.79. The quantitative estimate of drug-likeness (QED) is 0.679. The summed E-state index contributed by atoms with van der Waals surface area (Å²) in [4.78, 5) is 0. The number of aliphatic hydroxyl groups is 1. The molecular weight excluding hydrogens is 142 g/mol. The summed E-state index contributed by atoms with van der Waals surface area (Å²) in [7, 11) is 0. The SMILES string of the molecule is C[C@@H](O)c1cnnn1C1CC1. The summed E-state index contributed by atoms with van der Waals surface area (Å²) < 4.78 is 1.82. The average Bonchev–Trinajstić information content (AvgIpc) is 2.68. The lowest BCUT2D eigenvalue weighted by Gasteiger charge is -2.05. The average molecular weight is 153 g/mol. The molecule has 1 N–H and O–H groups in total. The molecule has 2 rings (SSSR count). The molecular formula is C7H11N3O. The molecule has 1 aliphatic rings. The number of hydrogen-bond acceptors (Lipinski definition) is 3. The van der Waals surface area contributed by atoms with E-state index in [0.29, 0.717) is 6.04 Å². The Labute approximate surface area is 64.8 Å². The third-order valence-corrected chi connectivity index (χ3v) is 1.92. The van der Waals surface area contributed by atoms with Gasteiger partial charge in [-0.2, -0.15) is 0 Å². The third kappa shape index (κ3) is 1.14. The second kappa shape index (κ2) is 2.30. The van der Waals surface area contributed by atoms with Gasteiger partial charge in [0.1, 0.15) is 0 Å². The summed E-state index contributed by atoms with van der Waals surface area (Å²) in [6.07, 6.45) is 3.51. The molecule has 0 amide bonds. The maximum absolute atomic E-state index is 9.27. The summed E-state index contributed by atoms with van der Waals surface area (Å²) >= 11 is 0. The number of aromatic nitrogens is 3. The van der Waals surface area contributed by atoms with Crippen LogP contribution in [0.5, 0.6) is 0 Å². The topological polar surface area (TPSA) is 50.9 Å². The second-order valence-electron chi connectivity index (χ2n) is 3.01. The van der Waals surface area contributed by atoms with Gasteiger partial charge in [-0.15, -0.1) is 5.10 Å². The van der Waals surface area contributed by atoms with Gasteiger partial charge in [0.15, 0.2) is 0 Å². The Bertz CT molecular complexity index is 235. The van der Waals surface area contributed by atoms with E-state index in [0.717, 1.165) is 5.69 Å². The Morgan fingerprint density at radius 3 is 3.00 bits per heavy atom. The van der Waals surface area contributed by atoms with E-state index in [2.05, 4.69) is 10.3 Å². The Kier molecular flexibility index (Phi) is 1.42. The smallest absolute Gasteiger partial charge is 0.0945 e. The van der Waals surface area contributed by atoms with Crippen LogP contribution >= 0.6 is 0 Å². The van der Waals surface area contributed by atoms with Crippen LogP contribution in [0.2, 0.25) is 0 Å². The van der Waals surface area contributed by atoms with Crippen molar-refractivity contribution >= 4 is 0 Å². The summed E-state index contributed by atoms with van der Waals surface area (Å²) in [5.41, 5.74) is 0.826. The van der Waals surface area contributed by atoms with Crippen molar-refractivity contribution in [3.8, 4) is 0 Å². The Hall–Kier alpha value is -0.900. The van der Waals surface area contributed by atoms with Crippen molar-refractivity contribution in [1.82, 2.24) is 15.0 Å². The van der Waals surface area contributed by atoms with Crippen LogP contribution in [0, 0.1) is 0 Å². The molecule has 1 atom stereocenters. The highest BCUT2D eigenvalue weighted by atomic mass is 16.3. The first-order valence-corrected chi connectivity index (χ1v) is 3.87. The molecule has 0 bridgehead atoms. The summed E-state index contributed by atoms with van der Waals surface area (Å²) in [5.74, 6) is 0. The molecule has 1 aromatic rings. The lowest BCUT2D eigenvalue weighted by Crippen LogP contribution is -2.05. The number of hydrogen-bond donors (Lipinski definition) is 1. The minimum Gasteiger partial charge on any atom is -0.387 e. The lowest BCUT2D eigenvalue weighted by molar-refractivity contribution is 0.187. The van der Waals surface area contributed by atoms with Crippen LogP contribution in [0.25, 0.3) is 0 Å². The molecule has 4 heteroatoms. The van der Waals surface area contributed by atoms with Gasteiger partial charge in [0.25, 0.3) is 0 Å². The van der Waals surface area contributed by atoms with Crippen molar-refractivity contribution in [2.75, 3.05) is 0 Å². The highest BCUT2D eigenvalue weighted by Crippen LogP contribution is 2.35. The van der Waals surface area contributed by atoms with Gasteiger partial charge in [-0.1, -0.05) is 5.21 Å². The van der Waals surface area contributed by atoms with Gasteiger partial charge < -0.3 is 5.11 Å². The fourth-order valence-electron chi connectivity index (χ4n) is 1.15. The first-order valence-electron chi connectivity index (χ1n) is 3.87. The van der Waals surface area contributed by atoms with E-state index in [4.69, 9.17) is 0 Å². The summed E-state index contributed by atoms with van der Waals surface area (Å²) in [6.45, 7) is 1.73. The highest BCUT2D eigenvalue weighted by Gasteiger charge is 2.27. The molecule has 1 fully saturated rings. The van der Waals surface area contributed by atoms with Gasteiger partial charge in [-0.05, 0) is 19.8 Å². The zero-order valence-electron chi connectivity index (χ0n) is 6.44. The van der Waals surface area contributed by atoms with Crippen LogP contribution in [-0.4, -0.2) is 20.1 Å². The fraction of sp³-hybridized carbons (Fsp3) is 0.714. The van der Waals surface area contributed by atoms with Crippen molar-refractivity contribution in [2.45, 2.75) is 31.9 Å². The Morgan fingerprint density at radius 1 is 1.73 bits per heavy atom. The zero-order chi connectivity index (χ0) is 7.84. The van der Waals surface area contributed by atoms with E-state index in [1.165, 1.54) is 12.8 Å². The molecule has 0 saturated heterocycles. The molecule has 0 aromatic carbocycles. The molecule has 1 heterocycles. The third-order valence-electron chi connectivity index (χ3n) is 1.92. The van der Waals surface area contributed by atoms with Gasteiger partial charge >= 0.3 is 0 Å². The highest BCUT2D eigenvalue weighted by molar-refractivity contribution is 5.01. The van der Waals surface area contributed by atoms with E-state index in [1.54, 1.807) is 13.1 Å². The minimum absolute atomic E-state index is 0.453. The second-order valence-corrected chi connectivity index (χ2v) is 3.01. The molecule has 0 aliphatic heterocycles. The van der Waals surface area contributed by atoms with Gasteiger partial charge in [-0.3, -0.25) is 0 Å². The van der Waals surface area contributed by atoms with Crippen LogP contribution in [0.1, 0.15) is 37.6 Å². The molecule has 0 spiro atoms. The van der Waals surface area contributed by atoms with Crippen LogP contribution in [0.3, 0.4) is 0 Å². The van der Waals surface area contributed by atoms with Crippen molar-refractivity contribution in [1.29, 1.82) is 0 Å². The standard InChI is InChI=1S/C7H11N3O/c1-5(11)7-4-8-9-10(7)6-2-3-6/h4-6,11H,2-3H2,1H3/t5-/m1/s1. The number of nitrogens with zero attached hydrogens (tertiary/aromatic N) is 3. The molecule has 60 valence electrons. The molecule has 1 aromatic heterocycles. The predicted octanol–water partition coefficient (Wildman–Crippen LogP) is 0.666. The molecule has 1 aliphatic carbocycles. The van der Waals surface area contributed by atoms with Crippen LogP contribution in [0.15, 0.2) is 6.20 Å². The molecule has 0 unspecified atom stereocenters. The fourth-order valence-corrected chi connectivity index (χ4v) is 1.15.